The van der Waals surface area contributed by atoms with Gasteiger partial charge in [-0.3, -0.25) is 9.59 Å². The monoisotopic (exact) mass is 357 g/mol. The third-order valence-corrected chi connectivity index (χ3v) is 4.52. The molecular formula is C19H20ClN3O2. The average molecular weight is 358 g/mol. The van der Waals surface area contributed by atoms with Gasteiger partial charge in [0.25, 0.3) is 11.8 Å². The first-order chi connectivity index (χ1) is 12.1. The van der Waals surface area contributed by atoms with E-state index in [-0.39, 0.29) is 29.2 Å². The molecule has 0 spiro atoms. The highest BCUT2D eigenvalue weighted by molar-refractivity contribution is 6.30. The van der Waals surface area contributed by atoms with Crippen LogP contribution in [-0.4, -0.2) is 22.8 Å². The van der Waals surface area contributed by atoms with Crippen molar-refractivity contribution in [3.05, 3.63) is 64.4 Å². The molecule has 0 atom stereocenters. The third kappa shape index (κ3) is 4.79. The van der Waals surface area contributed by atoms with Crippen LogP contribution in [0.2, 0.25) is 5.02 Å². The second-order valence-electron chi connectivity index (χ2n) is 6.17. The molecule has 0 bridgehead atoms. The molecule has 1 aromatic carbocycles. The van der Waals surface area contributed by atoms with Crippen LogP contribution in [0.4, 0.5) is 0 Å². The summed E-state index contributed by atoms with van der Waals surface area (Å²) < 4.78 is 0. The Balaban J connectivity index is 1.60. The summed E-state index contributed by atoms with van der Waals surface area (Å²) in [5.41, 5.74) is 1.44. The van der Waals surface area contributed by atoms with E-state index < -0.39 is 0 Å². The van der Waals surface area contributed by atoms with Crippen LogP contribution in [0, 0.1) is 0 Å². The fourth-order valence-electron chi connectivity index (χ4n) is 2.89. The fourth-order valence-corrected chi connectivity index (χ4v) is 3.02. The molecule has 1 saturated carbocycles. The standard InChI is InChI=1S/C19H20ClN3O2/c20-14-10-8-13(9-11-14)12-21-18(24)16-6-3-7-17(23-16)19(25)22-15-4-1-2-5-15/h3,6-11,15H,1-2,4-5,12H2,(H,21,24)(H,22,25). The maximum absolute atomic E-state index is 12.3. The van der Waals surface area contributed by atoms with Crippen LogP contribution < -0.4 is 10.6 Å². The molecular weight excluding hydrogens is 338 g/mol. The number of nitrogens with zero attached hydrogens (tertiary/aromatic N) is 1. The van der Waals surface area contributed by atoms with Gasteiger partial charge in [-0.1, -0.05) is 42.6 Å². The van der Waals surface area contributed by atoms with E-state index in [0.29, 0.717) is 11.6 Å². The first-order valence-electron chi connectivity index (χ1n) is 8.42. The van der Waals surface area contributed by atoms with Gasteiger partial charge < -0.3 is 10.6 Å². The van der Waals surface area contributed by atoms with Gasteiger partial charge in [0.2, 0.25) is 0 Å². The molecule has 25 heavy (non-hydrogen) atoms. The van der Waals surface area contributed by atoms with Crippen LogP contribution in [0.3, 0.4) is 0 Å². The van der Waals surface area contributed by atoms with E-state index in [9.17, 15) is 9.59 Å². The number of aromatic nitrogens is 1. The molecule has 0 aliphatic heterocycles. The Morgan fingerprint density at radius 1 is 1.00 bits per heavy atom. The maximum Gasteiger partial charge on any atom is 0.270 e. The van der Waals surface area contributed by atoms with Crippen molar-refractivity contribution in [3.8, 4) is 0 Å². The molecule has 3 rings (SSSR count). The molecule has 1 aromatic heterocycles. The van der Waals surface area contributed by atoms with Crippen LogP contribution in [0.15, 0.2) is 42.5 Å². The van der Waals surface area contributed by atoms with Gasteiger partial charge in [-0.15, -0.1) is 0 Å². The maximum atomic E-state index is 12.3. The second-order valence-corrected chi connectivity index (χ2v) is 6.61. The predicted molar refractivity (Wildman–Crippen MR) is 96.6 cm³/mol. The number of nitrogens with one attached hydrogen (secondary N) is 2. The van der Waals surface area contributed by atoms with Gasteiger partial charge >= 0.3 is 0 Å². The van der Waals surface area contributed by atoms with E-state index in [2.05, 4.69) is 15.6 Å². The van der Waals surface area contributed by atoms with Crippen LogP contribution >= 0.6 is 11.6 Å². The normalized spacial score (nSPS) is 14.3. The Labute approximate surface area is 151 Å². The lowest BCUT2D eigenvalue weighted by atomic mass is 10.2. The van der Waals surface area contributed by atoms with Crippen molar-refractivity contribution in [3.63, 3.8) is 0 Å². The number of carbonyl (C=O) groups excluding carboxylic acids is 2. The topological polar surface area (TPSA) is 71.1 Å². The first-order valence-corrected chi connectivity index (χ1v) is 8.80. The Morgan fingerprint density at radius 3 is 2.32 bits per heavy atom. The lowest BCUT2D eigenvalue weighted by molar-refractivity contribution is 0.0931. The number of hydrogen-bond donors (Lipinski definition) is 2. The molecule has 2 N–H and O–H groups in total. The SMILES string of the molecule is O=C(NCc1ccc(Cl)cc1)c1cccc(C(=O)NC2CCCC2)n1. The van der Waals surface area contributed by atoms with E-state index in [4.69, 9.17) is 11.6 Å². The van der Waals surface area contributed by atoms with Gasteiger partial charge in [0.05, 0.1) is 0 Å². The molecule has 1 aliphatic carbocycles. The van der Waals surface area contributed by atoms with Crippen molar-refractivity contribution < 1.29 is 9.59 Å². The molecule has 2 aromatic rings. The zero-order valence-electron chi connectivity index (χ0n) is 13.8. The molecule has 1 fully saturated rings. The summed E-state index contributed by atoms with van der Waals surface area (Å²) in [5, 5.41) is 6.43. The molecule has 2 amide bonds. The smallest absolute Gasteiger partial charge is 0.270 e. The summed E-state index contributed by atoms with van der Waals surface area (Å²) in [4.78, 5) is 28.7. The summed E-state index contributed by atoms with van der Waals surface area (Å²) >= 11 is 5.84. The summed E-state index contributed by atoms with van der Waals surface area (Å²) in [6.45, 7) is 0.371. The molecule has 5 nitrogen and oxygen atoms in total. The van der Waals surface area contributed by atoms with Crippen molar-refractivity contribution in [2.24, 2.45) is 0 Å². The average Bonchev–Trinajstić information content (AvgIpc) is 3.14. The number of hydrogen-bond acceptors (Lipinski definition) is 3. The van der Waals surface area contributed by atoms with Crippen molar-refractivity contribution in [1.29, 1.82) is 0 Å². The minimum Gasteiger partial charge on any atom is -0.348 e. The Bertz CT molecular complexity index is 756. The predicted octanol–water partition coefficient (Wildman–Crippen LogP) is 3.34. The van der Waals surface area contributed by atoms with Gasteiger partial charge in [-0.25, -0.2) is 4.98 Å². The van der Waals surface area contributed by atoms with Crippen molar-refractivity contribution in [1.82, 2.24) is 15.6 Å². The molecule has 6 heteroatoms. The van der Waals surface area contributed by atoms with E-state index >= 15 is 0 Å². The van der Waals surface area contributed by atoms with Crippen LogP contribution in [-0.2, 0) is 6.54 Å². The van der Waals surface area contributed by atoms with Crippen molar-refractivity contribution in [2.75, 3.05) is 0 Å². The molecule has 0 saturated heterocycles. The van der Waals surface area contributed by atoms with Crippen LogP contribution in [0.5, 0.6) is 0 Å². The van der Waals surface area contributed by atoms with Gasteiger partial charge in [0.15, 0.2) is 0 Å². The van der Waals surface area contributed by atoms with Gasteiger partial charge in [0.1, 0.15) is 11.4 Å². The molecule has 1 aliphatic rings. The third-order valence-electron chi connectivity index (χ3n) is 4.27. The lowest BCUT2D eigenvalue weighted by Gasteiger charge is -2.12. The number of pyridine rings is 1. The minimum absolute atomic E-state index is 0.219. The Kier molecular flexibility index (Phi) is 5.66. The molecule has 0 radical (unpaired) electrons. The van der Waals surface area contributed by atoms with Crippen molar-refractivity contribution in [2.45, 2.75) is 38.3 Å². The number of carbonyl (C=O) groups is 2. The number of halogens is 1. The highest BCUT2D eigenvalue weighted by Crippen LogP contribution is 2.18. The van der Waals surface area contributed by atoms with Gasteiger partial charge in [0, 0.05) is 17.6 Å². The summed E-state index contributed by atoms with van der Waals surface area (Å²) in [7, 11) is 0. The summed E-state index contributed by atoms with van der Waals surface area (Å²) in [6.07, 6.45) is 4.30. The molecule has 1 heterocycles. The van der Waals surface area contributed by atoms with Gasteiger partial charge in [-0.05, 0) is 42.7 Å². The first kappa shape index (κ1) is 17.4. The number of benzene rings is 1. The van der Waals surface area contributed by atoms with Crippen LogP contribution in [0.25, 0.3) is 0 Å². The Morgan fingerprint density at radius 2 is 1.64 bits per heavy atom. The second kappa shape index (κ2) is 8.12. The van der Waals surface area contributed by atoms with Crippen molar-refractivity contribution >= 4 is 23.4 Å². The summed E-state index contributed by atoms with van der Waals surface area (Å²) in [5.74, 6) is -0.537. The van der Waals surface area contributed by atoms with E-state index in [1.165, 1.54) is 0 Å². The molecule has 130 valence electrons. The fraction of sp³-hybridized carbons (Fsp3) is 0.316. The number of amides is 2. The van der Waals surface area contributed by atoms with E-state index in [1.54, 1.807) is 30.3 Å². The van der Waals surface area contributed by atoms with E-state index in [0.717, 1.165) is 31.2 Å². The zero-order valence-corrected chi connectivity index (χ0v) is 14.6. The summed E-state index contributed by atoms with van der Waals surface area (Å²) in [6, 6.07) is 12.4. The largest absolute Gasteiger partial charge is 0.348 e. The minimum atomic E-state index is -0.314. The lowest BCUT2D eigenvalue weighted by Crippen LogP contribution is -2.33. The Hall–Kier alpha value is -2.40. The molecule has 0 unspecified atom stereocenters. The highest BCUT2D eigenvalue weighted by Gasteiger charge is 2.19. The highest BCUT2D eigenvalue weighted by atomic mass is 35.5. The van der Waals surface area contributed by atoms with E-state index in [1.807, 2.05) is 12.1 Å². The quantitative estimate of drug-likeness (QED) is 0.862. The van der Waals surface area contributed by atoms with Gasteiger partial charge in [-0.2, -0.15) is 0 Å². The van der Waals surface area contributed by atoms with Crippen LogP contribution in [0.1, 0.15) is 52.2 Å². The number of rotatable bonds is 5. The zero-order chi connectivity index (χ0) is 17.6.